The molecule has 0 aliphatic carbocycles. The third-order valence-electron chi connectivity index (χ3n) is 2.34. The molecule has 1 aromatic heterocycles. The van der Waals surface area contributed by atoms with Crippen LogP contribution in [0.25, 0.3) is 0 Å². The number of pyridine rings is 1. The van der Waals surface area contributed by atoms with Gasteiger partial charge in [0, 0.05) is 6.04 Å². The minimum atomic E-state index is -4.83. The van der Waals surface area contributed by atoms with Gasteiger partial charge in [0.05, 0.1) is 6.42 Å². The van der Waals surface area contributed by atoms with E-state index in [2.05, 4.69) is 4.98 Å². The summed E-state index contributed by atoms with van der Waals surface area (Å²) in [6, 6.07) is -0.247. The molecular weight excluding hydrogens is 306 g/mol. The lowest BCUT2D eigenvalue weighted by molar-refractivity contribution is -0.141. The molecule has 21 heavy (non-hydrogen) atoms. The number of alkyl halides is 6. The molecular formula is C11H10F6N2O2. The van der Waals surface area contributed by atoms with Gasteiger partial charge in [-0.2, -0.15) is 26.3 Å². The van der Waals surface area contributed by atoms with E-state index in [1.165, 1.54) is 0 Å². The van der Waals surface area contributed by atoms with Crippen LogP contribution in [0.2, 0.25) is 0 Å². The highest BCUT2D eigenvalue weighted by molar-refractivity contribution is 5.93. The maximum Gasteiger partial charge on any atom is 0.433 e. The Labute approximate surface area is 114 Å². The van der Waals surface area contributed by atoms with E-state index in [-0.39, 0.29) is 0 Å². The van der Waals surface area contributed by atoms with Crippen LogP contribution in [0.4, 0.5) is 32.2 Å². The van der Waals surface area contributed by atoms with Crippen molar-refractivity contribution in [3.05, 3.63) is 23.4 Å². The zero-order chi connectivity index (χ0) is 16.4. The van der Waals surface area contributed by atoms with Gasteiger partial charge in [-0.05, 0) is 19.1 Å². The molecule has 4 nitrogen and oxygen atoms in total. The number of halogens is 6. The molecule has 0 amide bonds. The number of hydrogen-bond donors (Lipinski definition) is 2. The Kier molecular flexibility index (Phi) is 4.69. The average molecular weight is 316 g/mol. The molecule has 118 valence electrons. The van der Waals surface area contributed by atoms with Gasteiger partial charge in [0.25, 0.3) is 0 Å². The minimum Gasteiger partial charge on any atom is -0.478 e. The molecule has 0 aliphatic heterocycles. The molecule has 1 atom stereocenters. The lowest BCUT2D eigenvalue weighted by Gasteiger charge is -2.18. The van der Waals surface area contributed by atoms with Gasteiger partial charge < -0.3 is 10.4 Å². The van der Waals surface area contributed by atoms with Crippen LogP contribution in [0.5, 0.6) is 0 Å². The first-order valence-electron chi connectivity index (χ1n) is 5.55. The predicted octanol–water partition coefficient (Wildman–Crippen LogP) is 3.55. The number of carboxylic acids is 1. The summed E-state index contributed by atoms with van der Waals surface area (Å²) in [4.78, 5) is 13.9. The van der Waals surface area contributed by atoms with Crippen LogP contribution in [0.1, 0.15) is 29.4 Å². The Bertz CT molecular complexity index is 526. The highest BCUT2D eigenvalue weighted by Crippen LogP contribution is 2.30. The largest absolute Gasteiger partial charge is 0.478 e. The smallest absolute Gasteiger partial charge is 0.433 e. The first kappa shape index (κ1) is 17.1. The summed E-state index contributed by atoms with van der Waals surface area (Å²) in [7, 11) is 0. The lowest BCUT2D eigenvalue weighted by Crippen LogP contribution is -2.26. The van der Waals surface area contributed by atoms with E-state index in [9.17, 15) is 31.1 Å². The van der Waals surface area contributed by atoms with Crippen LogP contribution < -0.4 is 5.32 Å². The monoisotopic (exact) mass is 316 g/mol. The van der Waals surface area contributed by atoms with Crippen LogP contribution in [-0.2, 0) is 6.18 Å². The Balaban J connectivity index is 3.10. The van der Waals surface area contributed by atoms with Gasteiger partial charge in [-0.15, -0.1) is 0 Å². The van der Waals surface area contributed by atoms with Gasteiger partial charge in [0.2, 0.25) is 0 Å². The van der Waals surface area contributed by atoms with Gasteiger partial charge in [-0.3, -0.25) is 0 Å². The van der Waals surface area contributed by atoms with Crippen LogP contribution in [-0.4, -0.2) is 28.3 Å². The fraction of sp³-hybridized carbons (Fsp3) is 0.455. The van der Waals surface area contributed by atoms with Crippen molar-refractivity contribution in [2.24, 2.45) is 0 Å². The Morgan fingerprint density at radius 2 is 1.86 bits per heavy atom. The van der Waals surface area contributed by atoms with Crippen LogP contribution in [0, 0.1) is 0 Å². The standard InChI is InChI=1S/C11H10F6N2O2/c1-5(4-10(12,13)14)18-8-6(9(20)21)2-3-7(19-8)11(15,16)17/h2-3,5H,4H2,1H3,(H,18,19)(H,20,21). The number of aromatic nitrogens is 1. The van der Waals surface area contributed by atoms with E-state index in [0.717, 1.165) is 6.92 Å². The molecule has 0 saturated carbocycles. The maximum absolute atomic E-state index is 12.5. The van der Waals surface area contributed by atoms with Crippen LogP contribution >= 0.6 is 0 Å². The number of carbonyl (C=O) groups is 1. The Morgan fingerprint density at radius 3 is 2.29 bits per heavy atom. The SMILES string of the molecule is CC(CC(F)(F)F)Nc1nc(C(F)(F)F)ccc1C(=O)O. The third kappa shape index (κ3) is 5.12. The highest BCUT2D eigenvalue weighted by atomic mass is 19.4. The molecule has 0 bridgehead atoms. The molecule has 1 rings (SSSR count). The second kappa shape index (κ2) is 5.78. The van der Waals surface area contributed by atoms with Crippen molar-refractivity contribution in [1.29, 1.82) is 0 Å². The van der Waals surface area contributed by atoms with E-state index in [1.54, 1.807) is 0 Å². The average Bonchev–Trinajstić information content (AvgIpc) is 2.24. The number of nitrogens with zero attached hydrogens (tertiary/aromatic N) is 1. The molecule has 2 N–H and O–H groups in total. The topological polar surface area (TPSA) is 62.2 Å². The first-order valence-corrected chi connectivity index (χ1v) is 5.55. The third-order valence-corrected chi connectivity index (χ3v) is 2.34. The zero-order valence-corrected chi connectivity index (χ0v) is 10.5. The van der Waals surface area contributed by atoms with E-state index >= 15 is 0 Å². The van der Waals surface area contributed by atoms with Crippen molar-refractivity contribution < 1.29 is 36.2 Å². The number of aromatic carboxylic acids is 1. The van der Waals surface area contributed by atoms with Crippen LogP contribution in [0.15, 0.2) is 12.1 Å². The fourth-order valence-electron chi connectivity index (χ4n) is 1.53. The van der Waals surface area contributed by atoms with Crippen molar-refractivity contribution >= 4 is 11.8 Å². The summed E-state index contributed by atoms with van der Waals surface area (Å²) in [6.45, 7) is 1.06. The molecule has 1 unspecified atom stereocenters. The van der Waals surface area contributed by atoms with Crippen molar-refractivity contribution in [2.45, 2.75) is 31.7 Å². The molecule has 1 aromatic rings. The molecule has 0 aliphatic rings. The van der Waals surface area contributed by atoms with E-state index < -0.39 is 47.9 Å². The quantitative estimate of drug-likeness (QED) is 0.834. The summed E-state index contributed by atoms with van der Waals surface area (Å²) in [5.41, 5.74) is -2.04. The molecule has 0 spiro atoms. The zero-order valence-electron chi connectivity index (χ0n) is 10.5. The molecule has 10 heteroatoms. The molecule has 0 fully saturated rings. The lowest BCUT2D eigenvalue weighted by atomic mass is 10.2. The molecule has 0 radical (unpaired) electrons. The summed E-state index contributed by atoms with van der Waals surface area (Å²) in [6.07, 6.45) is -10.7. The van der Waals surface area contributed by atoms with E-state index in [1.807, 2.05) is 5.32 Å². The fourth-order valence-corrected chi connectivity index (χ4v) is 1.53. The molecule has 1 heterocycles. The number of hydrogen-bond acceptors (Lipinski definition) is 3. The predicted molar refractivity (Wildman–Crippen MR) is 60.0 cm³/mol. The van der Waals surface area contributed by atoms with Gasteiger partial charge in [-0.25, -0.2) is 9.78 Å². The molecule has 0 aromatic carbocycles. The summed E-state index contributed by atoms with van der Waals surface area (Å²) in [5, 5.41) is 10.9. The van der Waals surface area contributed by atoms with Crippen molar-refractivity contribution in [3.8, 4) is 0 Å². The van der Waals surface area contributed by atoms with Crippen molar-refractivity contribution in [3.63, 3.8) is 0 Å². The van der Waals surface area contributed by atoms with Crippen LogP contribution in [0.3, 0.4) is 0 Å². The van der Waals surface area contributed by atoms with Gasteiger partial charge in [0.1, 0.15) is 17.1 Å². The Hall–Kier alpha value is -2.00. The first-order chi connectivity index (χ1) is 9.40. The summed E-state index contributed by atoms with van der Waals surface area (Å²) >= 11 is 0. The maximum atomic E-state index is 12.5. The number of anilines is 1. The van der Waals surface area contributed by atoms with Crippen molar-refractivity contribution in [1.82, 2.24) is 4.98 Å². The van der Waals surface area contributed by atoms with Gasteiger partial charge in [0.15, 0.2) is 0 Å². The highest BCUT2D eigenvalue weighted by Gasteiger charge is 2.34. The van der Waals surface area contributed by atoms with Crippen molar-refractivity contribution in [2.75, 3.05) is 5.32 Å². The second-order valence-electron chi connectivity index (χ2n) is 4.26. The normalized spacial score (nSPS) is 13.9. The van der Waals surface area contributed by atoms with Gasteiger partial charge >= 0.3 is 18.3 Å². The Morgan fingerprint density at radius 1 is 1.29 bits per heavy atom. The minimum absolute atomic E-state index is 0.447. The number of carboxylic acid groups (broad SMARTS) is 1. The number of rotatable bonds is 4. The van der Waals surface area contributed by atoms with Gasteiger partial charge in [-0.1, -0.05) is 0 Å². The molecule has 0 saturated heterocycles. The summed E-state index contributed by atoms with van der Waals surface area (Å²) < 4.78 is 74.0. The van der Waals surface area contributed by atoms with E-state index in [0.29, 0.717) is 12.1 Å². The second-order valence-corrected chi connectivity index (χ2v) is 4.26. The summed E-state index contributed by atoms with van der Waals surface area (Å²) in [5.74, 6) is -2.35. The number of nitrogens with one attached hydrogen (secondary N) is 1. The van der Waals surface area contributed by atoms with E-state index in [4.69, 9.17) is 5.11 Å².